The fourth-order valence-electron chi connectivity index (χ4n) is 1.11. The standard InChI is InChI=1S/C9H9N4/c1-7(9-6-11-13-12-9)8-4-2-3-5-10-8/h2-7H,1H2,(H,11,12,13). The summed E-state index contributed by atoms with van der Waals surface area (Å²) in [6, 6.07) is 5.73. The van der Waals surface area contributed by atoms with E-state index in [-0.39, 0.29) is 5.92 Å². The van der Waals surface area contributed by atoms with Crippen LogP contribution in [0.4, 0.5) is 0 Å². The first-order valence-electron chi connectivity index (χ1n) is 3.98. The van der Waals surface area contributed by atoms with Crippen molar-refractivity contribution in [1.82, 2.24) is 20.4 Å². The van der Waals surface area contributed by atoms with Gasteiger partial charge in [-0.15, -0.1) is 5.10 Å². The zero-order valence-electron chi connectivity index (χ0n) is 7.01. The lowest BCUT2D eigenvalue weighted by Gasteiger charge is -2.05. The van der Waals surface area contributed by atoms with Gasteiger partial charge >= 0.3 is 0 Å². The molecule has 65 valence electrons. The van der Waals surface area contributed by atoms with E-state index in [4.69, 9.17) is 0 Å². The van der Waals surface area contributed by atoms with Gasteiger partial charge in [-0.05, 0) is 19.1 Å². The molecule has 4 heteroatoms. The van der Waals surface area contributed by atoms with Crippen molar-refractivity contribution in [2.75, 3.05) is 0 Å². The molecule has 0 aliphatic carbocycles. The average molecular weight is 173 g/mol. The summed E-state index contributed by atoms with van der Waals surface area (Å²) in [5.74, 6) is -0.0556. The molecule has 2 aromatic rings. The maximum atomic E-state index is 4.19. The zero-order chi connectivity index (χ0) is 9.10. The van der Waals surface area contributed by atoms with E-state index in [0.717, 1.165) is 11.4 Å². The first kappa shape index (κ1) is 7.91. The number of nitrogens with one attached hydrogen (secondary N) is 1. The van der Waals surface area contributed by atoms with Crippen LogP contribution in [0, 0.1) is 6.92 Å². The fourth-order valence-corrected chi connectivity index (χ4v) is 1.11. The molecule has 0 bridgehead atoms. The molecule has 1 unspecified atom stereocenters. The Balaban J connectivity index is 2.29. The minimum Gasteiger partial charge on any atom is -0.265 e. The van der Waals surface area contributed by atoms with Gasteiger partial charge in [0.15, 0.2) is 0 Å². The molecule has 0 spiro atoms. The van der Waals surface area contributed by atoms with Crippen LogP contribution in [0.5, 0.6) is 0 Å². The Morgan fingerprint density at radius 1 is 1.31 bits per heavy atom. The highest BCUT2D eigenvalue weighted by Crippen LogP contribution is 2.17. The number of hydrogen-bond acceptors (Lipinski definition) is 3. The van der Waals surface area contributed by atoms with E-state index < -0.39 is 0 Å². The lowest BCUT2D eigenvalue weighted by molar-refractivity contribution is 0.863. The monoisotopic (exact) mass is 173 g/mol. The molecular weight excluding hydrogens is 164 g/mol. The molecule has 2 aromatic heterocycles. The highest BCUT2D eigenvalue weighted by atomic mass is 15.3. The van der Waals surface area contributed by atoms with Crippen LogP contribution in [0.15, 0.2) is 30.6 Å². The first-order chi connectivity index (χ1) is 6.38. The highest BCUT2D eigenvalue weighted by molar-refractivity contribution is 5.21. The molecule has 2 rings (SSSR count). The van der Waals surface area contributed by atoms with Gasteiger partial charge in [-0.1, -0.05) is 11.3 Å². The van der Waals surface area contributed by atoms with Crippen molar-refractivity contribution in [3.8, 4) is 0 Å². The maximum absolute atomic E-state index is 4.19. The molecule has 4 nitrogen and oxygen atoms in total. The molecule has 13 heavy (non-hydrogen) atoms. The van der Waals surface area contributed by atoms with Crippen molar-refractivity contribution in [2.24, 2.45) is 0 Å². The normalized spacial score (nSPS) is 12.7. The van der Waals surface area contributed by atoms with Crippen LogP contribution < -0.4 is 0 Å². The topological polar surface area (TPSA) is 54.5 Å². The molecule has 0 aliphatic heterocycles. The number of aromatic nitrogens is 4. The van der Waals surface area contributed by atoms with Crippen LogP contribution in [-0.2, 0) is 0 Å². The van der Waals surface area contributed by atoms with Gasteiger partial charge < -0.3 is 0 Å². The molecular formula is C9H9N4. The van der Waals surface area contributed by atoms with Crippen LogP contribution in [0.3, 0.4) is 0 Å². The van der Waals surface area contributed by atoms with E-state index in [1.54, 1.807) is 12.4 Å². The summed E-state index contributed by atoms with van der Waals surface area (Å²) < 4.78 is 0. The second-order valence-corrected chi connectivity index (χ2v) is 2.71. The molecule has 0 aromatic carbocycles. The third kappa shape index (κ3) is 1.56. The summed E-state index contributed by atoms with van der Waals surface area (Å²) in [5, 5.41) is 10.2. The summed E-state index contributed by atoms with van der Waals surface area (Å²) in [4.78, 5) is 4.19. The Hall–Kier alpha value is -1.71. The van der Waals surface area contributed by atoms with Crippen LogP contribution in [0.1, 0.15) is 17.3 Å². The fraction of sp³-hybridized carbons (Fsp3) is 0.111. The van der Waals surface area contributed by atoms with Gasteiger partial charge in [0.1, 0.15) is 0 Å². The highest BCUT2D eigenvalue weighted by Gasteiger charge is 2.11. The lowest BCUT2D eigenvalue weighted by atomic mass is 10.0. The van der Waals surface area contributed by atoms with Crippen LogP contribution in [0.2, 0.25) is 0 Å². The lowest BCUT2D eigenvalue weighted by Crippen LogP contribution is -1.99. The summed E-state index contributed by atoms with van der Waals surface area (Å²) in [7, 11) is 0. The number of aromatic amines is 1. The molecule has 1 N–H and O–H groups in total. The van der Waals surface area contributed by atoms with Crippen molar-refractivity contribution in [3.63, 3.8) is 0 Å². The van der Waals surface area contributed by atoms with Crippen LogP contribution in [0.25, 0.3) is 0 Å². The largest absolute Gasteiger partial charge is 0.265 e. The van der Waals surface area contributed by atoms with Crippen molar-refractivity contribution in [1.29, 1.82) is 0 Å². The predicted octanol–water partition coefficient (Wildman–Crippen LogP) is 1.17. The molecule has 0 saturated heterocycles. The van der Waals surface area contributed by atoms with Crippen LogP contribution >= 0.6 is 0 Å². The average Bonchev–Trinajstić information content (AvgIpc) is 2.71. The Kier molecular flexibility index (Phi) is 2.04. The molecule has 2 heterocycles. The van der Waals surface area contributed by atoms with Crippen molar-refractivity contribution < 1.29 is 0 Å². The maximum Gasteiger partial charge on any atom is 0.0914 e. The summed E-state index contributed by atoms with van der Waals surface area (Å²) in [5.41, 5.74) is 1.70. The number of rotatable bonds is 2. The van der Waals surface area contributed by atoms with Gasteiger partial charge in [-0.3, -0.25) is 10.1 Å². The predicted molar refractivity (Wildman–Crippen MR) is 47.8 cm³/mol. The summed E-state index contributed by atoms with van der Waals surface area (Å²) in [6.45, 7) is 3.97. The Labute approximate surface area is 76.0 Å². The quantitative estimate of drug-likeness (QED) is 0.741. The van der Waals surface area contributed by atoms with Crippen molar-refractivity contribution in [2.45, 2.75) is 5.92 Å². The smallest absolute Gasteiger partial charge is 0.0914 e. The Morgan fingerprint density at radius 3 is 2.85 bits per heavy atom. The third-order valence-corrected chi connectivity index (χ3v) is 1.84. The van der Waals surface area contributed by atoms with Crippen molar-refractivity contribution in [3.05, 3.63) is 48.9 Å². The minimum atomic E-state index is -0.0556. The summed E-state index contributed by atoms with van der Waals surface area (Å²) >= 11 is 0. The van der Waals surface area contributed by atoms with E-state index >= 15 is 0 Å². The molecule has 0 amide bonds. The Bertz CT molecular complexity index is 354. The van der Waals surface area contributed by atoms with Gasteiger partial charge in [0.2, 0.25) is 0 Å². The molecule has 0 fully saturated rings. The van der Waals surface area contributed by atoms with E-state index in [1.165, 1.54) is 0 Å². The SMILES string of the molecule is [CH2]C(c1ccccn1)c1c[nH]nn1. The van der Waals surface area contributed by atoms with Gasteiger partial charge in [0.05, 0.1) is 5.69 Å². The molecule has 1 radical (unpaired) electrons. The second kappa shape index (κ2) is 3.35. The van der Waals surface area contributed by atoms with E-state index in [1.807, 2.05) is 18.2 Å². The van der Waals surface area contributed by atoms with E-state index in [9.17, 15) is 0 Å². The number of hydrogen-bond donors (Lipinski definition) is 1. The molecule has 0 saturated carbocycles. The number of pyridine rings is 1. The van der Waals surface area contributed by atoms with E-state index in [2.05, 4.69) is 27.3 Å². The van der Waals surface area contributed by atoms with Crippen LogP contribution in [-0.4, -0.2) is 20.4 Å². The third-order valence-electron chi connectivity index (χ3n) is 1.84. The number of nitrogens with zero attached hydrogens (tertiary/aromatic N) is 3. The second-order valence-electron chi connectivity index (χ2n) is 2.71. The van der Waals surface area contributed by atoms with E-state index in [0.29, 0.717) is 0 Å². The molecule has 1 atom stereocenters. The van der Waals surface area contributed by atoms with Gasteiger partial charge in [0.25, 0.3) is 0 Å². The first-order valence-corrected chi connectivity index (χ1v) is 3.98. The van der Waals surface area contributed by atoms with Gasteiger partial charge in [0, 0.05) is 24.0 Å². The molecule has 0 aliphatic rings. The summed E-state index contributed by atoms with van der Waals surface area (Å²) in [6.07, 6.45) is 3.47. The number of H-pyrrole nitrogens is 1. The van der Waals surface area contributed by atoms with Gasteiger partial charge in [-0.25, -0.2) is 0 Å². The Morgan fingerprint density at radius 2 is 2.23 bits per heavy atom. The minimum absolute atomic E-state index is 0.0556. The zero-order valence-corrected chi connectivity index (χ0v) is 7.01. The van der Waals surface area contributed by atoms with Crippen molar-refractivity contribution >= 4 is 0 Å². The van der Waals surface area contributed by atoms with Gasteiger partial charge in [-0.2, -0.15) is 0 Å².